The molecule has 2 rings (SSSR count). The number of nitrogens with two attached hydrogens (primary N) is 1. The molecule has 100 valence electrons. The summed E-state index contributed by atoms with van der Waals surface area (Å²) in [4.78, 5) is 0. The van der Waals surface area contributed by atoms with Gasteiger partial charge in [-0.25, -0.2) is 4.39 Å². The molecule has 1 unspecified atom stereocenters. The molecule has 5 heteroatoms. The molecule has 19 heavy (non-hydrogen) atoms. The van der Waals surface area contributed by atoms with Crippen LogP contribution in [0.1, 0.15) is 17.2 Å². The van der Waals surface area contributed by atoms with Gasteiger partial charge in [0.2, 0.25) is 0 Å². The maximum atomic E-state index is 13.0. The zero-order valence-corrected chi connectivity index (χ0v) is 11.5. The lowest BCUT2D eigenvalue weighted by atomic mass is 9.99. The summed E-state index contributed by atoms with van der Waals surface area (Å²) in [5.74, 6) is 5.22. The number of rotatable bonds is 4. The minimum atomic E-state index is -0.353. The summed E-state index contributed by atoms with van der Waals surface area (Å²) in [6.45, 7) is 0. The van der Waals surface area contributed by atoms with Gasteiger partial charge in [0.05, 0.1) is 6.04 Å². The van der Waals surface area contributed by atoms with E-state index in [1.54, 1.807) is 12.1 Å². The molecule has 0 fully saturated rings. The molecule has 0 bridgehead atoms. The SMILES string of the molecule is NNC(Cc1ccc(F)cc1Cl)c1cccc(Cl)c1. The first kappa shape index (κ1) is 14.3. The maximum Gasteiger partial charge on any atom is 0.124 e. The van der Waals surface area contributed by atoms with Gasteiger partial charge in [0.15, 0.2) is 0 Å². The van der Waals surface area contributed by atoms with Crippen LogP contribution < -0.4 is 11.3 Å². The normalized spacial score (nSPS) is 12.4. The van der Waals surface area contributed by atoms with Crippen molar-refractivity contribution < 1.29 is 4.39 Å². The highest BCUT2D eigenvalue weighted by Gasteiger charge is 2.13. The quantitative estimate of drug-likeness (QED) is 0.664. The number of hydrogen-bond acceptors (Lipinski definition) is 2. The Morgan fingerprint density at radius 1 is 1.16 bits per heavy atom. The molecule has 0 aliphatic heterocycles. The van der Waals surface area contributed by atoms with Crippen LogP contribution in [0.25, 0.3) is 0 Å². The molecule has 2 nitrogen and oxygen atoms in total. The molecule has 0 saturated carbocycles. The summed E-state index contributed by atoms with van der Waals surface area (Å²) in [6, 6.07) is 11.6. The summed E-state index contributed by atoms with van der Waals surface area (Å²) < 4.78 is 13.0. The smallest absolute Gasteiger partial charge is 0.124 e. The van der Waals surface area contributed by atoms with Crippen LogP contribution in [0.15, 0.2) is 42.5 Å². The van der Waals surface area contributed by atoms with Gasteiger partial charge in [-0.2, -0.15) is 0 Å². The van der Waals surface area contributed by atoms with E-state index in [0.29, 0.717) is 16.5 Å². The monoisotopic (exact) mass is 298 g/mol. The molecular formula is C14H13Cl2FN2. The van der Waals surface area contributed by atoms with E-state index in [9.17, 15) is 4.39 Å². The van der Waals surface area contributed by atoms with Crippen molar-refractivity contribution in [3.8, 4) is 0 Å². The highest BCUT2D eigenvalue weighted by molar-refractivity contribution is 6.31. The van der Waals surface area contributed by atoms with Crippen molar-refractivity contribution in [2.75, 3.05) is 0 Å². The molecule has 0 amide bonds. The maximum absolute atomic E-state index is 13.0. The Morgan fingerprint density at radius 2 is 1.95 bits per heavy atom. The molecule has 0 aliphatic carbocycles. The van der Waals surface area contributed by atoms with Gasteiger partial charge in [0.25, 0.3) is 0 Å². The van der Waals surface area contributed by atoms with Crippen LogP contribution in [-0.2, 0) is 6.42 Å². The van der Waals surface area contributed by atoms with Crippen LogP contribution in [0.4, 0.5) is 4.39 Å². The Hall–Kier alpha value is -1.13. The van der Waals surface area contributed by atoms with E-state index in [1.807, 2.05) is 18.2 Å². The topological polar surface area (TPSA) is 38.0 Å². The van der Waals surface area contributed by atoms with Gasteiger partial charge >= 0.3 is 0 Å². The van der Waals surface area contributed by atoms with Gasteiger partial charge in [-0.05, 0) is 41.8 Å². The Balaban J connectivity index is 2.24. The molecule has 0 aliphatic rings. The third kappa shape index (κ3) is 3.67. The lowest BCUT2D eigenvalue weighted by molar-refractivity contribution is 0.551. The fourth-order valence-electron chi connectivity index (χ4n) is 1.90. The summed E-state index contributed by atoms with van der Waals surface area (Å²) in [5.41, 5.74) is 4.50. The van der Waals surface area contributed by atoms with Crippen LogP contribution in [-0.4, -0.2) is 0 Å². The van der Waals surface area contributed by atoms with Crippen LogP contribution in [0.2, 0.25) is 10.0 Å². The minimum absolute atomic E-state index is 0.137. The van der Waals surface area contributed by atoms with Crippen LogP contribution in [0.5, 0.6) is 0 Å². The fraction of sp³-hybridized carbons (Fsp3) is 0.143. The third-order valence-corrected chi connectivity index (χ3v) is 3.48. The van der Waals surface area contributed by atoms with Crippen molar-refractivity contribution in [3.05, 3.63) is 69.5 Å². The Bertz CT molecular complexity index is 575. The first-order valence-electron chi connectivity index (χ1n) is 5.75. The zero-order valence-electron chi connectivity index (χ0n) is 10.0. The lowest BCUT2D eigenvalue weighted by Crippen LogP contribution is -2.29. The first-order valence-corrected chi connectivity index (χ1v) is 6.51. The van der Waals surface area contributed by atoms with E-state index in [4.69, 9.17) is 29.0 Å². The molecule has 0 radical (unpaired) electrons. The second-order valence-electron chi connectivity index (χ2n) is 4.21. The molecule has 0 heterocycles. The van der Waals surface area contributed by atoms with E-state index >= 15 is 0 Å². The number of hydrogen-bond donors (Lipinski definition) is 2. The van der Waals surface area contributed by atoms with Gasteiger partial charge in [-0.1, -0.05) is 41.4 Å². The second kappa shape index (κ2) is 6.35. The summed E-state index contributed by atoms with van der Waals surface area (Å²) >= 11 is 12.0. The van der Waals surface area contributed by atoms with Crippen molar-refractivity contribution in [3.63, 3.8) is 0 Å². The van der Waals surface area contributed by atoms with Gasteiger partial charge in [-0.15, -0.1) is 0 Å². The molecular weight excluding hydrogens is 286 g/mol. The van der Waals surface area contributed by atoms with Crippen LogP contribution in [0.3, 0.4) is 0 Å². The number of benzene rings is 2. The third-order valence-electron chi connectivity index (χ3n) is 2.89. The predicted octanol–water partition coefficient (Wildman–Crippen LogP) is 3.88. The molecule has 0 aromatic heterocycles. The predicted molar refractivity (Wildman–Crippen MR) is 76.6 cm³/mol. The fourth-order valence-corrected chi connectivity index (χ4v) is 2.35. The van der Waals surface area contributed by atoms with Gasteiger partial charge < -0.3 is 0 Å². The van der Waals surface area contributed by atoms with Gasteiger partial charge in [0.1, 0.15) is 5.82 Å². The summed E-state index contributed by atoms with van der Waals surface area (Å²) in [5, 5.41) is 1.03. The number of hydrazine groups is 1. The molecule has 1 atom stereocenters. The molecule has 2 aromatic carbocycles. The average molecular weight is 299 g/mol. The van der Waals surface area contributed by atoms with Gasteiger partial charge in [-0.3, -0.25) is 11.3 Å². The Morgan fingerprint density at radius 3 is 2.58 bits per heavy atom. The van der Waals surface area contributed by atoms with E-state index in [1.165, 1.54) is 12.1 Å². The van der Waals surface area contributed by atoms with Crippen LogP contribution in [0, 0.1) is 5.82 Å². The van der Waals surface area contributed by atoms with E-state index in [0.717, 1.165) is 11.1 Å². The summed E-state index contributed by atoms with van der Waals surface area (Å²) in [7, 11) is 0. The number of halogens is 3. The van der Waals surface area contributed by atoms with Crippen molar-refractivity contribution in [1.82, 2.24) is 5.43 Å². The average Bonchev–Trinajstić information content (AvgIpc) is 2.38. The molecule has 2 aromatic rings. The second-order valence-corrected chi connectivity index (χ2v) is 5.06. The molecule has 0 spiro atoms. The van der Waals surface area contributed by atoms with Crippen LogP contribution >= 0.6 is 23.2 Å². The van der Waals surface area contributed by atoms with Crippen molar-refractivity contribution >= 4 is 23.2 Å². The van der Waals surface area contributed by atoms with E-state index in [-0.39, 0.29) is 11.9 Å². The van der Waals surface area contributed by atoms with Crippen molar-refractivity contribution in [1.29, 1.82) is 0 Å². The molecule has 3 N–H and O–H groups in total. The highest BCUT2D eigenvalue weighted by atomic mass is 35.5. The molecule has 0 saturated heterocycles. The van der Waals surface area contributed by atoms with Crippen molar-refractivity contribution in [2.45, 2.75) is 12.5 Å². The largest absolute Gasteiger partial charge is 0.271 e. The summed E-state index contributed by atoms with van der Waals surface area (Å²) in [6.07, 6.45) is 0.552. The van der Waals surface area contributed by atoms with E-state index in [2.05, 4.69) is 5.43 Å². The lowest BCUT2D eigenvalue weighted by Gasteiger charge is -2.17. The van der Waals surface area contributed by atoms with Gasteiger partial charge in [0, 0.05) is 10.0 Å². The highest BCUT2D eigenvalue weighted by Crippen LogP contribution is 2.25. The number of nitrogens with one attached hydrogen (secondary N) is 1. The van der Waals surface area contributed by atoms with Crippen molar-refractivity contribution in [2.24, 2.45) is 5.84 Å². The first-order chi connectivity index (χ1) is 9.10. The zero-order chi connectivity index (χ0) is 13.8. The van der Waals surface area contributed by atoms with E-state index < -0.39 is 0 Å². The minimum Gasteiger partial charge on any atom is -0.271 e. The Kier molecular flexibility index (Phi) is 4.77. The Labute approximate surface area is 121 Å². The standard InChI is InChI=1S/C14H13Cl2FN2/c15-11-3-1-2-10(6-11)14(19-18)7-9-4-5-12(17)8-13(9)16/h1-6,8,14,19H,7,18H2.